The Balaban J connectivity index is 1.80. The predicted octanol–water partition coefficient (Wildman–Crippen LogP) is 1.38. The number of ether oxygens (including phenoxy) is 1. The van der Waals surface area contributed by atoms with E-state index < -0.39 is 52.0 Å². The number of esters is 1. The van der Waals surface area contributed by atoms with Gasteiger partial charge in [0.1, 0.15) is 17.5 Å². The van der Waals surface area contributed by atoms with Gasteiger partial charge in [-0.2, -0.15) is 0 Å². The lowest BCUT2D eigenvalue weighted by Gasteiger charge is -2.43. The highest BCUT2D eigenvalue weighted by molar-refractivity contribution is 8.01. The first kappa shape index (κ1) is 22.8. The second-order valence-electron chi connectivity index (χ2n) is 8.01. The molecule has 1 unspecified atom stereocenters. The van der Waals surface area contributed by atoms with Gasteiger partial charge in [-0.3, -0.25) is 19.4 Å². The Labute approximate surface area is 184 Å². The van der Waals surface area contributed by atoms with E-state index in [1.54, 1.807) is 51.1 Å². The minimum atomic E-state index is -1.07. The molecule has 1 aromatic carbocycles. The van der Waals surface area contributed by atoms with Crippen molar-refractivity contribution in [3.8, 4) is 0 Å². The molecule has 2 saturated heterocycles. The first-order valence-corrected chi connectivity index (χ1v) is 10.6. The maximum atomic E-state index is 13.1. The average molecular weight is 448 g/mol. The van der Waals surface area contributed by atoms with Crippen molar-refractivity contribution in [1.29, 1.82) is 0 Å². The maximum absolute atomic E-state index is 13.1. The summed E-state index contributed by atoms with van der Waals surface area (Å²) in [6.45, 7) is 5.17. The SMILES string of the molecule is COC(=O)CC(C)=NC(C(=O)N[C@@H]1C(=O)N2[C@@H]1SC(C)(C)[C@@H]2C(=O)O)c1ccccc1. The first-order valence-electron chi connectivity index (χ1n) is 9.75. The molecule has 2 aliphatic rings. The van der Waals surface area contributed by atoms with Crippen LogP contribution >= 0.6 is 11.8 Å². The Hall–Kier alpha value is -2.88. The van der Waals surface area contributed by atoms with Crippen molar-refractivity contribution in [2.75, 3.05) is 7.11 Å². The lowest BCUT2D eigenvalue weighted by Crippen LogP contribution is -2.70. The number of methoxy groups -OCH3 is 1. The molecule has 9 nitrogen and oxygen atoms in total. The van der Waals surface area contributed by atoms with Crippen molar-refractivity contribution >= 4 is 41.2 Å². The Morgan fingerprint density at radius 1 is 1.29 bits per heavy atom. The van der Waals surface area contributed by atoms with E-state index in [4.69, 9.17) is 0 Å². The molecule has 3 rings (SSSR count). The van der Waals surface area contributed by atoms with E-state index in [-0.39, 0.29) is 6.42 Å². The topological polar surface area (TPSA) is 125 Å². The summed E-state index contributed by atoms with van der Waals surface area (Å²) >= 11 is 1.35. The fourth-order valence-electron chi connectivity index (χ4n) is 3.84. The van der Waals surface area contributed by atoms with Crippen molar-refractivity contribution in [2.45, 2.75) is 55.4 Å². The number of aliphatic carboxylic acids is 1. The number of amides is 2. The number of thioether (sulfide) groups is 1. The van der Waals surface area contributed by atoms with Gasteiger partial charge in [0, 0.05) is 10.5 Å². The molecule has 166 valence electrons. The van der Waals surface area contributed by atoms with Crippen LogP contribution in [0.2, 0.25) is 0 Å². The number of nitrogens with one attached hydrogen (secondary N) is 1. The maximum Gasteiger partial charge on any atom is 0.327 e. The number of carboxylic acids is 1. The van der Waals surface area contributed by atoms with E-state index in [9.17, 15) is 24.3 Å². The predicted molar refractivity (Wildman–Crippen MR) is 115 cm³/mol. The number of fused-ring (bicyclic) bond motifs is 1. The van der Waals surface area contributed by atoms with Crippen LogP contribution in [-0.4, -0.2) is 68.8 Å². The van der Waals surface area contributed by atoms with Gasteiger partial charge < -0.3 is 20.1 Å². The largest absolute Gasteiger partial charge is 0.480 e. The molecule has 0 saturated carbocycles. The van der Waals surface area contributed by atoms with Gasteiger partial charge >= 0.3 is 11.9 Å². The van der Waals surface area contributed by atoms with E-state index in [1.807, 2.05) is 0 Å². The number of benzene rings is 1. The Bertz CT molecular complexity index is 932. The van der Waals surface area contributed by atoms with E-state index >= 15 is 0 Å². The van der Waals surface area contributed by atoms with Crippen LogP contribution in [0.3, 0.4) is 0 Å². The highest BCUT2D eigenvalue weighted by Crippen LogP contribution is 2.50. The second-order valence-corrected chi connectivity index (χ2v) is 9.79. The molecule has 2 fully saturated rings. The first-order chi connectivity index (χ1) is 14.6. The van der Waals surface area contributed by atoms with Crippen molar-refractivity contribution in [3.05, 3.63) is 35.9 Å². The van der Waals surface area contributed by atoms with Gasteiger partial charge in [-0.15, -0.1) is 11.8 Å². The third kappa shape index (κ3) is 4.43. The number of rotatable bonds is 7. The van der Waals surface area contributed by atoms with Crippen LogP contribution in [0.4, 0.5) is 0 Å². The summed E-state index contributed by atoms with van der Waals surface area (Å²) in [4.78, 5) is 54.7. The van der Waals surface area contributed by atoms with Crippen molar-refractivity contribution in [2.24, 2.45) is 4.99 Å². The van der Waals surface area contributed by atoms with E-state index in [0.717, 1.165) is 0 Å². The van der Waals surface area contributed by atoms with Gasteiger partial charge in [-0.25, -0.2) is 4.79 Å². The minimum Gasteiger partial charge on any atom is -0.480 e. The standard InChI is InChI=1S/C21H25N3O6S/c1-11(10-13(25)30-4)22-14(12-8-6-5-7-9-12)17(26)23-15-18(27)24-16(20(28)29)21(2,3)31-19(15)24/h5-9,14-16,19H,10H2,1-4H3,(H,23,26)(H,28,29)/t14?,15-,16+,19-/m1/s1. The molecule has 0 spiro atoms. The lowest BCUT2D eigenvalue weighted by atomic mass is 9.95. The summed E-state index contributed by atoms with van der Waals surface area (Å²) < 4.78 is 3.97. The molecular formula is C21H25N3O6S. The summed E-state index contributed by atoms with van der Waals surface area (Å²) in [6.07, 6.45) is -0.0593. The quantitative estimate of drug-likeness (QED) is 0.367. The van der Waals surface area contributed by atoms with Crippen LogP contribution in [-0.2, 0) is 23.9 Å². The number of β-lactam (4-membered cyclic amide) rings is 1. The normalized spacial score (nSPS) is 25.3. The molecule has 0 aliphatic carbocycles. The Morgan fingerprint density at radius 3 is 2.52 bits per heavy atom. The average Bonchev–Trinajstić information content (AvgIpc) is 2.98. The van der Waals surface area contributed by atoms with Crippen LogP contribution in [0, 0.1) is 0 Å². The Morgan fingerprint density at radius 2 is 1.94 bits per heavy atom. The molecule has 0 radical (unpaired) electrons. The molecule has 2 aliphatic heterocycles. The number of hydrogen-bond acceptors (Lipinski definition) is 7. The third-order valence-corrected chi connectivity index (χ3v) is 6.89. The molecule has 1 aromatic rings. The second kappa shape index (κ2) is 8.70. The van der Waals surface area contributed by atoms with Gasteiger partial charge in [-0.05, 0) is 26.3 Å². The zero-order chi connectivity index (χ0) is 22.9. The van der Waals surface area contributed by atoms with Crippen LogP contribution in [0.15, 0.2) is 35.3 Å². The number of nitrogens with zero attached hydrogens (tertiary/aromatic N) is 2. The third-order valence-electron chi connectivity index (χ3n) is 5.31. The summed E-state index contributed by atoms with van der Waals surface area (Å²) in [7, 11) is 1.27. The molecular weight excluding hydrogens is 422 g/mol. The van der Waals surface area contributed by atoms with Crippen LogP contribution in [0.5, 0.6) is 0 Å². The van der Waals surface area contributed by atoms with E-state index in [0.29, 0.717) is 11.3 Å². The van der Waals surface area contributed by atoms with Gasteiger partial charge in [-0.1, -0.05) is 30.3 Å². The van der Waals surface area contributed by atoms with Gasteiger partial charge in [0.15, 0.2) is 6.04 Å². The number of carboxylic acid groups (broad SMARTS) is 1. The monoisotopic (exact) mass is 447 g/mol. The number of carbonyl (C=O) groups is 4. The van der Waals surface area contributed by atoms with Crippen molar-refractivity contribution in [1.82, 2.24) is 10.2 Å². The van der Waals surface area contributed by atoms with E-state index in [1.165, 1.54) is 23.8 Å². The highest BCUT2D eigenvalue weighted by Gasteiger charge is 2.64. The van der Waals surface area contributed by atoms with Gasteiger partial charge in [0.05, 0.1) is 13.5 Å². The molecule has 2 amide bonds. The summed E-state index contributed by atoms with van der Waals surface area (Å²) in [6, 6.07) is 6.08. The zero-order valence-corrected chi connectivity index (χ0v) is 18.5. The summed E-state index contributed by atoms with van der Waals surface area (Å²) in [5.74, 6) is -2.46. The minimum absolute atomic E-state index is 0.0593. The Kier molecular flexibility index (Phi) is 6.40. The van der Waals surface area contributed by atoms with Gasteiger partial charge in [0.2, 0.25) is 11.8 Å². The summed E-state index contributed by atoms with van der Waals surface area (Å²) in [5, 5.41) is 11.8. The molecule has 0 aromatic heterocycles. The molecule has 0 bridgehead atoms. The number of hydrogen-bond donors (Lipinski definition) is 2. The molecule has 2 N–H and O–H groups in total. The zero-order valence-electron chi connectivity index (χ0n) is 17.7. The van der Waals surface area contributed by atoms with E-state index in [2.05, 4.69) is 15.0 Å². The molecule has 31 heavy (non-hydrogen) atoms. The van der Waals surface area contributed by atoms with Crippen LogP contribution in [0.1, 0.15) is 38.8 Å². The smallest absolute Gasteiger partial charge is 0.327 e. The fourth-order valence-corrected chi connectivity index (χ4v) is 5.47. The number of aliphatic imine (C=N–C) groups is 1. The van der Waals surface area contributed by atoms with Gasteiger partial charge in [0.25, 0.3) is 0 Å². The molecule has 4 atom stereocenters. The van der Waals surface area contributed by atoms with Crippen molar-refractivity contribution < 1.29 is 29.0 Å². The number of carbonyl (C=O) groups excluding carboxylic acids is 3. The van der Waals surface area contributed by atoms with Crippen LogP contribution in [0.25, 0.3) is 0 Å². The summed E-state index contributed by atoms with van der Waals surface area (Å²) in [5.41, 5.74) is 1.02. The molecule has 10 heteroatoms. The molecule has 2 heterocycles. The highest BCUT2D eigenvalue weighted by atomic mass is 32.2. The van der Waals surface area contributed by atoms with Crippen molar-refractivity contribution in [3.63, 3.8) is 0 Å². The lowest BCUT2D eigenvalue weighted by molar-refractivity contribution is -0.161. The fraction of sp³-hybridized carbons (Fsp3) is 0.476. The van der Waals surface area contributed by atoms with Crippen LogP contribution < -0.4 is 5.32 Å².